The summed E-state index contributed by atoms with van der Waals surface area (Å²) in [4.78, 5) is 22.5. The summed E-state index contributed by atoms with van der Waals surface area (Å²) in [6.45, 7) is 6.08. The molecule has 0 saturated heterocycles. The lowest BCUT2D eigenvalue weighted by Gasteiger charge is -2.46. The number of carbonyl (C=O) groups excluding carboxylic acids is 1. The van der Waals surface area contributed by atoms with Gasteiger partial charge in [-0.3, -0.25) is 4.79 Å². The second-order valence-electron chi connectivity index (χ2n) is 8.83. The zero-order valence-electron chi connectivity index (χ0n) is 18.2. The van der Waals surface area contributed by atoms with E-state index in [9.17, 15) is 10.1 Å². The van der Waals surface area contributed by atoms with E-state index in [2.05, 4.69) is 26.0 Å². The van der Waals surface area contributed by atoms with Crippen molar-refractivity contribution in [1.82, 2.24) is 9.97 Å². The Morgan fingerprint density at radius 2 is 2.00 bits per heavy atom. The quantitative estimate of drug-likeness (QED) is 0.762. The van der Waals surface area contributed by atoms with Crippen molar-refractivity contribution in [3.8, 4) is 11.9 Å². The maximum Gasteiger partial charge on any atom is 0.219 e. The highest BCUT2D eigenvalue weighted by Gasteiger charge is 2.50. The van der Waals surface area contributed by atoms with Gasteiger partial charge < -0.3 is 9.47 Å². The highest BCUT2D eigenvalue weighted by atomic mass is 16.5. The normalized spacial score (nSPS) is 32.3. The number of rotatable bonds is 3. The van der Waals surface area contributed by atoms with Crippen molar-refractivity contribution in [3.05, 3.63) is 52.7 Å². The second-order valence-corrected chi connectivity index (χ2v) is 8.83. The molecular weight excluding hydrogens is 378 g/mol. The van der Waals surface area contributed by atoms with E-state index in [1.54, 1.807) is 14.2 Å². The van der Waals surface area contributed by atoms with Crippen LogP contribution in [-0.2, 0) is 26.8 Å². The van der Waals surface area contributed by atoms with Gasteiger partial charge in [-0.2, -0.15) is 10.2 Å². The molecule has 30 heavy (non-hydrogen) atoms. The summed E-state index contributed by atoms with van der Waals surface area (Å²) in [5, 5.41) is 9.57. The van der Waals surface area contributed by atoms with Gasteiger partial charge in [-0.15, -0.1) is 0 Å². The number of methoxy groups -OCH3 is 2. The molecule has 4 rings (SSSR count). The van der Waals surface area contributed by atoms with Crippen LogP contribution in [-0.4, -0.2) is 30.0 Å². The van der Waals surface area contributed by atoms with Crippen molar-refractivity contribution in [2.45, 2.75) is 50.9 Å². The molecule has 0 amide bonds. The van der Waals surface area contributed by atoms with Crippen molar-refractivity contribution in [1.29, 1.82) is 5.26 Å². The molecule has 4 atom stereocenters. The van der Waals surface area contributed by atoms with E-state index in [0.717, 1.165) is 29.9 Å². The topological polar surface area (TPSA) is 85.1 Å². The molecule has 0 N–H and O–H groups in total. The third-order valence-corrected chi connectivity index (χ3v) is 7.16. The van der Waals surface area contributed by atoms with Crippen LogP contribution in [0, 0.1) is 23.2 Å². The second kappa shape index (κ2) is 7.09. The number of ketones is 1. The van der Waals surface area contributed by atoms with Gasteiger partial charge in [0.25, 0.3) is 0 Å². The standard InChI is InChI=1S/C24H27N3O3/c1-14-17-10-9-16-20(24(17,3)12-15(13-25)19(14)28)26-22(27-21(16)30-5)23(2)11-7-6-8-18(23)29-4/h6-8,12,14,17H,9-11H2,1-5H3/t14-,17-,23?,24-/m0/s1. The number of allylic oxidation sites excluding steroid dienone is 6. The summed E-state index contributed by atoms with van der Waals surface area (Å²) in [5.74, 6) is 1.78. The molecule has 1 aromatic rings. The molecule has 1 aromatic heterocycles. The van der Waals surface area contributed by atoms with E-state index in [0.29, 0.717) is 18.1 Å². The largest absolute Gasteiger partial charge is 0.500 e. The minimum absolute atomic E-state index is 0.0707. The Kier molecular flexibility index (Phi) is 4.80. The molecule has 0 aromatic carbocycles. The van der Waals surface area contributed by atoms with Gasteiger partial charge in [0.2, 0.25) is 5.88 Å². The number of hydrogen-bond donors (Lipinski definition) is 0. The molecule has 1 unspecified atom stereocenters. The van der Waals surface area contributed by atoms with Crippen molar-refractivity contribution < 1.29 is 14.3 Å². The van der Waals surface area contributed by atoms with Crippen LogP contribution in [0.1, 0.15) is 50.7 Å². The number of nitriles is 1. The zero-order valence-corrected chi connectivity index (χ0v) is 18.2. The zero-order chi connectivity index (χ0) is 21.7. The third-order valence-electron chi connectivity index (χ3n) is 7.16. The molecule has 0 saturated carbocycles. The molecule has 156 valence electrons. The number of hydrogen-bond acceptors (Lipinski definition) is 6. The van der Waals surface area contributed by atoms with Crippen LogP contribution in [0.15, 0.2) is 35.6 Å². The third kappa shape index (κ3) is 2.72. The smallest absolute Gasteiger partial charge is 0.219 e. The monoisotopic (exact) mass is 405 g/mol. The fourth-order valence-electron chi connectivity index (χ4n) is 5.39. The maximum absolute atomic E-state index is 12.7. The first-order chi connectivity index (χ1) is 14.3. The number of Topliss-reactive ketones (excluding diaryl/α,β-unsaturated/α-hetero) is 1. The first-order valence-electron chi connectivity index (χ1n) is 10.3. The Labute approximate surface area is 177 Å². The Bertz CT molecular complexity index is 1050. The first kappa shape index (κ1) is 20.3. The van der Waals surface area contributed by atoms with Gasteiger partial charge in [-0.1, -0.05) is 32.1 Å². The molecule has 3 aliphatic carbocycles. The predicted octanol–water partition coefficient (Wildman–Crippen LogP) is 3.72. The number of ether oxygens (including phenoxy) is 2. The number of carbonyl (C=O) groups is 1. The van der Waals surface area contributed by atoms with Crippen LogP contribution in [0.5, 0.6) is 5.88 Å². The summed E-state index contributed by atoms with van der Waals surface area (Å²) in [5.41, 5.74) is 0.992. The van der Waals surface area contributed by atoms with Gasteiger partial charge in [0, 0.05) is 16.9 Å². The minimum Gasteiger partial charge on any atom is -0.500 e. The molecule has 6 nitrogen and oxygen atoms in total. The predicted molar refractivity (Wildman–Crippen MR) is 112 cm³/mol. The maximum atomic E-state index is 12.7. The van der Waals surface area contributed by atoms with Gasteiger partial charge in [-0.05, 0) is 38.2 Å². The van der Waals surface area contributed by atoms with Gasteiger partial charge in [-0.25, -0.2) is 4.98 Å². The van der Waals surface area contributed by atoms with Crippen LogP contribution in [0.3, 0.4) is 0 Å². The average molecular weight is 405 g/mol. The SMILES string of the molecule is COC1=CC=CCC1(C)c1nc(OC)c2c(n1)[C@@]1(C)C=C(C#N)C(=O)[C@@H](C)[C@@H]1CC2. The summed E-state index contributed by atoms with van der Waals surface area (Å²) in [6.07, 6.45) is 10.1. The Balaban J connectivity index is 1.96. The lowest BCUT2D eigenvalue weighted by Crippen LogP contribution is -2.46. The summed E-state index contributed by atoms with van der Waals surface area (Å²) in [6, 6.07) is 2.10. The van der Waals surface area contributed by atoms with Crippen molar-refractivity contribution >= 4 is 5.78 Å². The van der Waals surface area contributed by atoms with Crippen LogP contribution in [0.4, 0.5) is 0 Å². The summed E-state index contributed by atoms with van der Waals surface area (Å²) < 4.78 is 11.4. The van der Waals surface area contributed by atoms with E-state index >= 15 is 0 Å². The van der Waals surface area contributed by atoms with Crippen LogP contribution in [0.25, 0.3) is 0 Å². The van der Waals surface area contributed by atoms with Gasteiger partial charge >= 0.3 is 0 Å². The van der Waals surface area contributed by atoms with Gasteiger partial charge in [0.15, 0.2) is 5.78 Å². The number of aromatic nitrogens is 2. The molecule has 3 aliphatic rings. The molecule has 6 heteroatoms. The molecule has 0 fully saturated rings. The van der Waals surface area contributed by atoms with Crippen LogP contribution >= 0.6 is 0 Å². The van der Waals surface area contributed by atoms with Crippen molar-refractivity contribution in [2.75, 3.05) is 14.2 Å². The van der Waals surface area contributed by atoms with E-state index in [4.69, 9.17) is 19.4 Å². The van der Waals surface area contributed by atoms with Crippen LogP contribution in [0.2, 0.25) is 0 Å². The average Bonchev–Trinajstić information content (AvgIpc) is 2.75. The first-order valence-corrected chi connectivity index (χ1v) is 10.3. The van der Waals surface area contributed by atoms with Gasteiger partial charge in [0.1, 0.15) is 17.7 Å². The van der Waals surface area contributed by atoms with Crippen LogP contribution < -0.4 is 4.74 Å². The number of nitrogens with zero attached hydrogens (tertiary/aromatic N) is 3. The molecular formula is C24H27N3O3. The molecule has 0 spiro atoms. The fraction of sp³-hybridized carbons (Fsp3) is 0.500. The molecule has 0 radical (unpaired) electrons. The van der Waals surface area contributed by atoms with Crippen molar-refractivity contribution in [3.63, 3.8) is 0 Å². The highest BCUT2D eigenvalue weighted by Crippen LogP contribution is 2.51. The van der Waals surface area contributed by atoms with E-state index in [1.165, 1.54) is 0 Å². The highest BCUT2D eigenvalue weighted by molar-refractivity contribution is 6.02. The van der Waals surface area contributed by atoms with Gasteiger partial charge in [0.05, 0.1) is 30.9 Å². The minimum atomic E-state index is -0.533. The molecule has 1 heterocycles. The lowest BCUT2D eigenvalue weighted by atomic mass is 9.58. The summed E-state index contributed by atoms with van der Waals surface area (Å²) in [7, 11) is 3.28. The van der Waals surface area contributed by atoms with E-state index < -0.39 is 10.8 Å². The molecule has 0 aliphatic heterocycles. The Hall–Kier alpha value is -2.94. The Morgan fingerprint density at radius 1 is 1.23 bits per heavy atom. The van der Waals surface area contributed by atoms with E-state index in [1.807, 2.05) is 25.2 Å². The number of fused-ring (bicyclic) bond motifs is 3. The van der Waals surface area contributed by atoms with E-state index in [-0.39, 0.29) is 23.2 Å². The Morgan fingerprint density at radius 3 is 2.67 bits per heavy atom. The molecule has 0 bridgehead atoms. The lowest BCUT2D eigenvalue weighted by molar-refractivity contribution is -0.121. The fourth-order valence-corrected chi connectivity index (χ4v) is 5.39. The van der Waals surface area contributed by atoms with Crippen molar-refractivity contribution in [2.24, 2.45) is 11.8 Å². The summed E-state index contributed by atoms with van der Waals surface area (Å²) >= 11 is 0.